The van der Waals surface area contributed by atoms with Gasteiger partial charge in [0.05, 0.1) is 0 Å². The second kappa shape index (κ2) is 5.41. The number of likely N-dealkylation sites (tertiary alicyclic amines) is 1. The first-order valence-corrected chi connectivity index (χ1v) is 7.37. The van der Waals surface area contributed by atoms with Crippen LogP contribution in [0.5, 0.6) is 0 Å². The third-order valence-corrected chi connectivity index (χ3v) is 4.51. The van der Waals surface area contributed by atoms with Gasteiger partial charge in [0.1, 0.15) is 0 Å². The van der Waals surface area contributed by atoms with Gasteiger partial charge in [0.15, 0.2) is 0 Å². The highest BCUT2D eigenvalue weighted by atomic mass is 15.1. The number of nitrogens with two attached hydrogens (primary N) is 1. The van der Waals surface area contributed by atoms with Crippen molar-refractivity contribution in [3.8, 4) is 0 Å². The van der Waals surface area contributed by atoms with Gasteiger partial charge >= 0.3 is 0 Å². The summed E-state index contributed by atoms with van der Waals surface area (Å²) < 4.78 is 0. The first-order valence-electron chi connectivity index (χ1n) is 7.37. The van der Waals surface area contributed by atoms with Crippen LogP contribution in [0.4, 0.5) is 0 Å². The van der Waals surface area contributed by atoms with E-state index in [1.54, 1.807) is 11.1 Å². The number of rotatable bonds is 4. The smallest absolute Gasteiger partial charge is 0.0236 e. The van der Waals surface area contributed by atoms with Crippen molar-refractivity contribution >= 4 is 0 Å². The molecular weight excluding hydrogens is 220 g/mol. The topological polar surface area (TPSA) is 29.3 Å². The largest absolute Gasteiger partial charge is 0.330 e. The van der Waals surface area contributed by atoms with E-state index in [0.29, 0.717) is 0 Å². The van der Waals surface area contributed by atoms with Crippen LogP contribution in [0.2, 0.25) is 0 Å². The molecule has 1 aromatic rings. The molecule has 0 spiro atoms. The van der Waals surface area contributed by atoms with Crippen molar-refractivity contribution < 1.29 is 0 Å². The zero-order valence-electron chi connectivity index (χ0n) is 11.1. The molecule has 98 valence electrons. The molecule has 2 aliphatic rings. The van der Waals surface area contributed by atoms with Gasteiger partial charge in [-0.15, -0.1) is 0 Å². The van der Waals surface area contributed by atoms with E-state index in [-0.39, 0.29) is 0 Å². The summed E-state index contributed by atoms with van der Waals surface area (Å²) in [6, 6.07) is 9.04. The molecule has 1 aliphatic carbocycles. The molecule has 18 heavy (non-hydrogen) atoms. The highest BCUT2D eigenvalue weighted by Crippen LogP contribution is 2.41. The maximum absolute atomic E-state index is 5.75. The standard InChI is InChI=1S/C16H24N2/c17-11-13-7-9-18(10-8-13)12-15-3-1-2-4-16(15)14-5-6-14/h1-4,13-14H,5-12,17H2. The van der Waals surface area contributed by atoms with E-state index in [9.17, 15) is 0 Å². The summed E-state index contributed by atoms with van der Waals surface area (Å²) in [7, 11) is 0. The summed E-state index contributed by atoms with van der Waals surface area (Å²) in [6.07, 6.45) is 5.35. The van der Waals surface area contributed by atoms with E-state index in [1.807, 2.05) is 0 Å². The Morgan fingerprint density at radius 3 is 2.44 bits per heavy atom. The average Bonchev–Trinajstić information content (AvgIpc) is 3.25. The van der Waals surface area contributed by atoms with Crippen LogP contribution >= 0.6 is 0 Å². The number of hydrogen-bond donors (Lipinski definition) is 1. The Morgan fingerprint density at radius 1 is 1.06 bits per heavy atom. The van der Waals surface area contributed by atoms with Gasteiger partial charge in [0.25, 0.3) is 0 Å². The second-order valence-corrected chi connectivity index (χ2v) is 5.93. The third kappa shape index (κ3) is 2.76. The van der Waals surface area contributed by atoms with Crippen LogP contribution in [0.15, 0.2) is 24.3 Å². The van der Waals surface area contributed by atoms with Crippen molar-refractivity contribution in [1.29, 1.82) is 0 Å². The first-order chi connectivity index (χ1) is 8.86. The quantitative estimate of drug-likeness (QED) is 0.882. The molecule has 0 aromatic heterocycles. The summed E-state index contributed by atoms with van der Waals surface area (Å²) in [5.41, 5.74) is 8.93. The summed E-state index contributed by atoms with van der Waals surface area (Å²) >= 11 is 0. The van der Waals surface area contributed by atoms with E-state index in [4.69, 9.17) is 5.73 Å². The van der Waals surface area contributed by atoms with E-state index in [2.05, 4.69) is 29.2 Å². The number of hydrogen-bond acceptors (Lipinski definition) is 2. The monoisotopic (exact) mass is 244 g/mol. The predicted molar refractivity (Wildman–Crippen MR) is 75.5 cm³/mol. The molecule has 2 nitrogen and oxygen atoms in total. The lowest BCUT2D eigenvalue weighted by molar-refractivity contribution is 0.180. The minimum absolute atomic E-state index is 0.764. The highest BCUT2D eigenvalue weighted by Gasteiger charge is 2.26. The molecule has 2 heteroatoms. The van der Waals surface area contributed by atoms with Gasteiger partial charge in [-0.3, -0.25) is 4.90 Å². The van der Waals surface area contributed by atoms with Gasteiger partial charge in [-0.1, -0.05) is 24.3 Å². The fourth-order valence-corrected chi connectivity index (χ4v) is 3.09. The fraction of sp³-hybridized carbons (Fsp3) is 0.625. The minimum Gasteiger partial charge on any atom is -0.330 e. The lowest BCUT2D eigenvalue weighted by Crippen LogP contribution is -2.35. The molecule has 0 atom stereocenters. The molecule has 2 fully saturated rings. The molecular formula is C16H24N2. The van der Waals surface area contributed by atoms with Gasteiger partial charge in [0.2, 0.25) is 0 Å². The van der Waals surface area contributed by atoms with Gasteiger partial charge in [0, 0.05) is 6.54 Å². The van der Waals surface area contributed by atoms with Crippen molar-refractivity contribution in [2.45, 2.75) is 38.1 Å². The van der Waals surface area contributed by atoms with Crippen LogP contribution in [0, 0.1) is 5.92 Å². The molecule has 1 aromatic carbocycles. The average molecular weight is 244 g/mol. The Bertz CT molecular complexity index is 390. The number of piperidine rings is 1. The maximum atomic E-state index is 5.75. The maximum Gasteiger partial charge on any atom is 0.0236 e. The third-order valence-electron chi connectivity index (χ3n) is 4.51. The van der Waals surface area contributed by atoms with E-state index in [0.717, 1.165) is 24.9 Å². The molecule has 0 radical (unpaired) electrons. The van der Waals surface area contributed by atoms with Crippen molar-refractivity contribution in [3.05, 3.63) is 35.4 Å². The predicted octanol–water partition coefficient (Wildman–Crippen LogP) is 2.73. The van der Waals surface area contributed by atoms with E-state index < -0.39 is 0 Å². The van der Waals surface area contributed by atoms with Gasteiger partial charge < -0.3 is 5.73 Å². The van der Waals surface area contributed by atoms with E-state index >= 15 is 0 Å². The Hall–Kier alpha value is -0.860. The summed E-state index contributed by atoms with van der Waals surface area (Å²) in [6.45, 7) is 4.46. The molecule has 1 saturated heterocycles. The summed E-state index contributed by atoms with van der Waals surface area (Å²) in [4.78, 5) is 2.60. The van der Waals surface area contributed by atoms with Crippen molar-refractivity contribution in [2.24, 2.45) is 11.7 Å². The molecule has 2 N–H and O–H groups in total. The van der Waals surface area contributed by atoms with Gasteiger partial charge in [-0.05, 0) is 68.3 Å². The van der Waals surface area contributed by atoms with Crippen molar-refractivity contribution in [2.75, 3.05) is 19.6 Å². The summed E-state index contributed by atoms with van der Waals surface area (Å²) in [5, 5.41) is 0. The van der Waals surface area contributed by atoms with Crippen molar-refractivity contribution in [1.82, 2.24) is 4.90 Å². The molecule has 1 saturated carbocycles. The summed E-state index contributed by atoms with van der Waals surface area (Å²) in [5.74, 6) is 1.63. The SMILES string of the molecule is NCC1CCN(Cc2ccccc2C2CC2)CC1. The zero-order valence-corrected chi connectivity index (χ0v) is 11.1. The fourth-order valence-electron chi connectivity index (χ4n) is 3.09. The number of benzene rings is 1. The second-order valence-electron chi connectivity index (χ2n) is 5.93. The molecule has 1 heterocycles. The molecule has 0 amide bonds. The Kier molecular flexibility index (Phi) is 3.67. The van der Waals surface area contributed by atoms with Crippen LogP contribution in [0.1, 0.15) is 42.7 Å². The van der Waals surface area contributed by atoms with Crippen molar-refractivity contribution in [3.63, 3.8) is 0 Å². The lowest BCUT2D eigenvalue weighted by Gasteiger charge is -2.31. The lowest BCUT2D eigenvalue weighted by atomic mass is 9.96. The molecule has 1 aliphatic heterocycles. The normalized spacial score (nSPS) is 22.3. The highest BCUT2D eigenvalue weighted by molar-refractivity contribution is 5.33. The van der Waals surface area contributed by atoms with Crippen LogP contribution in [0.25, 0.3) is 0 Å². The Morgan fingerprint density at radius 2 is 1.78 bits per heavy atom. The first kappa shape index (κ1) is 12.2. The van der Waals surface area contributed by atoms with Crippen LogP contribution < -0.4 is 5.73 Å². The van der Waals surface area contributed by atoms with Crippen LogP contribution in [0.3, 0.4) is 0 Å². The Balaban J connectivity index is 1.63. The number of nitrogens with zero attached hydrogens (tertiary/aromatic N) is 1. The molecule has 0 unspecified atom stereocenters. The Labute approximate surface area is 110 Å². The van der Waals surface area contributed by atoms with Gasteiger partial charge in [-0.2, -0.15) is 0 Å². The van der Waals surface area contributed by atoms with Crippen LogP contribution in [-0.2, 0) is 6.54 Å². The molecule has 3 rings (SSSR count). The van der Waals surface area contributed by atoms with E-state index in [1.165, 1.54) is 38.8 Å². The zero-order chi connectivity index (χ0) is 12.4. The van der Waals surface area contributed by atoms with Gasteiger partial charge in [-0.25, -0.2) is 0 Å². The minimum atomic E-state index is 0.764. The molecule has 0 bridgehead atoms. The van der Waals surface area contributed by atoms with Crippen LogP contribution in [-0.4, -0.2) is 24.5 Å².